The standard InChI is InChI=1S/C15H10BrN3O/c16-11-5-3-4-10(8-11)14-12(9-17)13-6-1-2-7-19(13)15(20)18-14/h1-8,14H,(H,18,20). The molecule has 3 rings (SSSR count). The van der Waals surface area contributed by atoms with Gasteiger partial charge < -0.3 is 5.32 Å². The maximum atomic E-state index is 12.1. The minimum atomic E-state index is -0.424. The first-order valence-corrected chi connectivity index (χ1v) is 6.84. The van der Waals surface area contributed by atoms with Crippen molar-refractivity contribution in [3.63, 3.8) is 0 Å². The van der Waals surface area contributed by atoms with Crippen molar-refractivity contribution in [3.05, 3.63) is 70.0 Å². The van der Waals surface area contributed by atoms with Crippen LogP contribution < -0.4 is 5.32 Å². The summed E-state index contributed by atoms with van der Waals surface area (Å²) in [6, 6.07) is 9.15. The molecule has 5 heteroatoms. The van der Waals surface area contributed by atoms with E-state index in [1.807, 2.05) is 30.3 Å². The third-order valence-corrected chi connectivity index (χ3v) is 3.71. The molecule has 0 radical (unpaired) electrons. The summed E-state index contributed by atoms with van der Waals surface area (Å²) in [4.78, 5) is 13.6. The number of carbonyl (C=O) groups excluding carboxylic acids is 1. The molecule has 1 aromatic carbocycles. The van der Waals surface area contributed by atoms with Crippen LogP contribution in [0.5, 0.6) is 0 Å². The van der Waals surface area contributed by atoms with Crippen molar-refractivity contribution in [2.75, 3.05) is 0 Å². The number of hydrogen-bond acceptors (Lipinski definition) is 2. The molecule has 4 nitrogen and oxygen atoms in total. The van der Waals surface area contributed by atoms with Crippen LogP contribution in [0.25, 0.3) is 0 Å². The third kappa shape index (κ3) is 2.04. The van der Waals surface area contributed by atoms with Gasteiger partial charge in [-0.25, -0.2) is 4.79 Å². The summed E-state index contributed by atoms with van der Waals surface area (Å²) in [6.45, 7) is 0. The summed E-state index contributed by atoms with van der Waals surface area (Å²) in [6.07, 6.45) is 7.01. The number of fused-ring (bicyclic) bond motifs is 1. The number of nitriles is 1. The Morgan fingerprint density at radius 2 is 2.20 bits per heavy atom. The van der Waals surface area contributed by atoms with Gasteiger partial charge in [0.15, 0.2) is 0 Å². The second-order valence-electron chi connectivity index (χ2n) is 4.42. The Hall–Kier alpha value is -2.32. The smallest absolute Gasteiger partial charge is 0.326 e. The van der Waals surface area contributed by atoms with Gasteiger partial charge in [0, 0.05) is 10.7 Å². The molecule has 2 heterocycles. The van der Waals surface area contributed by atoms with Gasteiger partial charge in [0.25, 0.3) is 0 Å². The van der Waals surface area contributed by atoms with E-state index in [4.69, 9.17) is 0 Å². The fourth-order valence-electron chi connectivity index (χ4n) is 2.31. The summed E-state index contributed by atoms with van der Waals surface area (Å²) in [5.74, 6) is 0. The lowest BCUT2D eigenvalue weighted by Gasteiger charge is -2.33. The van der Waals surface area contributed by atoms with Crippen LogP contribution in [0.15, 0.2) is 64.4 Å². The number of halogens is 1. The monoisotopic (exact) mass is 327 g/mol. The zero-order valence-corrected chi connectivity index (χ0v) is 12.0. The quantitative estimate of drug-likeness (QED) is 0.859. The van der Waals surface area contributed by atoms with Gasteiger partial charge in [-0.15, -0.1) is 0 Å². The number of benzene rings is 1. The predicted octanol–water partition coefficient (Wildman–Crippen LogP) is 3.38. The van der Waals surface area contributed by atoms with Gasteiger partial charge in [-0.2, -0.15) is 5.26 Å². The van der Waals surface area contributed by atoms with Crippen LogP contribution >= 0.6 is 15.9 Å². The number of hydrogen-bond donors (Lipinski definition) is 1. The Kier molecular flexibility index (Phi) is 3.17. The lowest BCUT2D eigenvalue weighted by Crippen LogP contribution is -2.44. The molecular formula is C15H10BrN3O. The maximum Gasteiger partial charge on any atom is 0.326 e. The van der Waals surface area contributed by atoms with E-state index >= 15 is 0 Å². The highest BCUT2D eigenvalue weighted by Gasteiger charge is 2.32. The maximum absolute atomic E-state index is 12.1. The second kappa shape index (κ2) is 4.99. The molecule has 0 bridgehead atoms. The van der Waals surface area contributed by atoms with Crippen LogP contribution in [-0.2, 0) is 0 Å². The molecule has 0 saturated carbocycles. The molecule has 98 valence electrons. The van der Waals surface area contributed by atoms with E-state index < -0.39 is 6.04 Å². The molecule has 0 aromatic heterocycles. The van der Waals surface area contributed by atoms with Crippen molar-refractivity contribution in [3.8, 4) is 6.07 Å². The Bertz CT molecular complexity index is 712. The fraction of sp³-hybridized carbons (Fsp3) is 0.0667. The Morgan fingerprint density at radius 1 is 1.35 bits per heavy atom. The van der Waals surface area contributed by atoms with E-state index in [0.29, 0.717) is 11.3 Å². The molecule has 0 spiro atoms. The SMILES string of the molecule is N#CC1=C2C=CC=CN2C(=O)NC1c1cccc(Br)c1. The van der Waals surface area contributed by atoms with Crippen LogP contribution in [0.3, 0.4) is 0 Å². The van der Waals surface area contributed by atoms with Gasteiger partial charge in [0.05, 0.1) is 23.4 Å². The van der Waals surface area contributed by atoms with E-state index in [1.165, 1.54) is 4.90 Å². The minimum Gasteiger partial charge on any atom is -0.326 e. The summed E-state index contributed by atoms with van der Waals surface area (Å²) in [5.41, 5.74) is 2.03. The molecule has 2 aliphatic rings. The van der Waals surface area contributed by atoms with Gasteiger partial charge in [-0.1, -0.05) is 34.1 Å². The van der Waals surface area contributed by atoms with Crippen LogP contribution in [0.4, 0.5) is 4.79 Å². The van der Waals surface area contributed by atoms with Crippen molar-refractivity contribution in [2.45, 2.75) is 6.04 Å². The van der Waals surface area contributed by atoms with E-state index in [-0.39, 0.29) is 6.03 Å². The van der Waals surface area contributed by atoms with Crippen molar-refractivity contribution in [1.29, 1.82) is 5.26 Å². The van der Waals surface area contributed by atoms with Gasteiger partial charge >= 0.3 is 6.03 Å². The molecule has 0 saturated heterocycles. The predicted molar refractivity (Wildman–Crippen MR) is 78.2 cm³/mol. The third-order valence-electron chi connectivity index (χ3n) is 3.21. The van der Waals surface area contributed by atoms with E-state index in [2.05, 4.69) is 27.3 Å². The molecule has 2 aliphatic heterocycles. The summed E-state index contributed by atoms with van der Waals surface area (Å²) >= 11 is 3.41. The number of allylic oxidation sites excluding steroid dienone is 3. The number of amides is 2. The van der Waals surface area contributed by atoms with Crippen LogP contribution in [-0.4, -0.2) is 10.9 Å². The summed E-state index contributed by atoms with van der Waals surface area (Å²) < 4.78 is 0.910. The molecular weight excluding hydrogens is 318 g/mol. The molecule has 1 unspecified atom stereocenters. The topological polar surface area (TPSA) is 56.1 Å². The van der Waals surface area contributed by atoms with Crippen LogP contribution in [0.1, 0.15) is 11.6 Å². The summed E-state index contributed by atoms with van der Waals surface area (Å²) in [7, 11) is 0. The molecule has 0 aliphatic carbocycles. The van der Waals surface area contributed by atoms with Gasteiger partial charge in [0.2, 0.25) is 0 Å². The fourth-order valence-corrected chi connectivity index (χ4v) is 2.73. The van der Waals surface area contributed by atoms with Crippen LogP contribution in [0.2, 0.25) is 0 Å². The van der Waals surface area contributed by atoms with Crippen LogP contribution in [0, 0.1) is 11.3 Å². The van der Waals surface area contributed by atoms with Gasteiger partial charge in [0.1, 0.15) is 0 Å². The highest BCUT2D eigenvalue weighted by atomic mass is 79.9. The lowest BCUT2D eigenvalue weighted by atomic mass is 9.95. The zero-order chi connectivity index (χ0) is 14.1. The molecule has 20 heavy (non-hydrogen) atoms. The van der Waals surface area contributed by atoms with Crippen molar-refractivity contribution in [2.24, 2.45) is 0 Å². The number of carbonyl (C=O) groups is 1. The Balaban J connectivity index is 2.13. The minimum absolute atomic E-state index is 0.232. The lowest BCUT2D eigenvalue weighted by molar-refractivity contribution is 0.217. The molecule has 2 amide bonds. The van der Waals surface area contributed by atoms with E-state index in [9.17, 15) is 10.1 Å². The number of urea groups is 1. The first-order valence-electron chi connectivity index (χ1n) is 6.05. The molecule has 0 fully saturated rings. The average Bonchev–Trinajstić information content (AvgIpc) is 2.47. The van der Waals surface area contributed by atoms with Gasteiger partial charge in [-0.3, -0.25) is 4.90 Å². The number of nitrogens with one attached hydrogen (secondary N) is 1. The first kappa shape index (κ1) is 12.7. The Labute approximate surface area is 124 Å². The largest absolute Gasteiger partial charge is 0.326 e. The van der Waals surface area contributed by atoms with E-state index in [0.717, 1.165) is 10.0 Å². The van der Waals surface area contributed by atoms with Crippen molar-refractivity contribution in [1.82, 2.24) is 10.2 Å². The normalized spacial score (nSPS) is 20.5. The Morgan fingerprint density at radius 3 is 2.95 bits per heavy atom. The number of nitrogens with zero attached hydrogens (tertiary/aromatic N) is 2. The molecule has 1 aromatic rings. The van der Waals surface area contributed by atoms with E-state index in [1.54, 1.807) is 18.4 Å². The second-order valence-corrected chi connectivity index (χ2v) is 5.33. The summed E-state index contributed by atoms with van der Waals surface area (Å²) in [5, 5.41) is 12.3. The highest BCUT2D eigenvalue weighted by Crippen LogP contribution is 2.32. The zero-order valence-electron chi connectivity index (χ0n) is 10.4. The molecule has 1 atom stereocenters. The van der Waals surface area contributed by atoms with Crippen molar-refractivity contribution >= 4 is 22.0 Å². The van der Waals surface area contributed by atoms with Gasteiger partial charge in [-0.05, 0) is 29.8 Å². The highest BCUT2D eigenvalue weighted by molar-refractivity contribution is 9.10. The number of rotatable bonds is 1. The molecule has 1 N–H and O–H groups in total. The average molecular weight is 328 g/mol. The first-order chi connectivity index (χ1) is 9.70. The van der Waals surface area contributed by atoms with Crippen molar-refractivity contribution < 1.29 is 4.79 Å².